The average molecular weight is 272 g/mol. The van der Waals surface area contributed by atoms with E-state index in [9.17, 15) is 4.39 Å². The van der Waals surface area contributed by atoms with Crippen LogP contribution in [0.4, 0.5) is 4.39 Å². The maximum Gasteiger partial charge on any atom is 0.141 e. The molecule has 1 aromatic carbocycles. The molecule has 106 valence electrons. The van der Waals surface area contributed by atoms with E-state index >= 15 is 0 Å². The number of pyridine rings is 1. The Morgan fingerprint density at radius 2 is 2.00 bits per heavy atom. The summed E-state index contributed by atoms with van der Waals surface area (Å²) >= 11 is 0. The summed E-state index contributed by atoms with van der Waals surface area (Å²) in [6, 6.07) is 12.3. The van der Waals surface area contributed by atoms with Crippen molar-refractivity contribution in [2.24, 2.45) is 0 Å². The van der Waals surface area contributed by atoms with Gasteiger partial charge in [-0.15, -0.1) is 0 Å². The van der Waals surface area contributed by atoms with Crippen LogP contribution in [0.2, 0.25) is 0 Å². The minimum atomic E-state index is -0.264. The highest BCUT2D eigenvalue weighted by molar-refractivity contribution is 5.20. The molecular weight excluding hydrogens is 251 g/mol. The van der Waals surface area contributed by atoms with Crippen LogP contribution in [0, 0.1) is 5.82 Å². The van der Waals surface area contributed by atoms with E-state index in [-0.39, 0.29) is 5.82 Å². The lowest BCUT2D eigenvalue weighted by atomic mass is 9.99. The van der Waals surface area contributed by atoms with Gasteiger partial charge in [-0.05, 0) is 43.0 Å². The molecule has 0 spiro atoms. The van der Waals surface area contributed by atoms with Gasteiger partial charge in [-0.1, -0.05) is 37.3 Å². The highest BCUT2D eigenvalue weighted by atomic mass is 19.1. The average Bonchev–Trinajstić information content (AvgIpc) is 2.48. The third-order valence-corrected chi connectivity index (χ3v) is 3.33. The first-order valence-electron chi connectivity index (χ1n) is 7.17. The van der Waals surface area contributed by atoms with E-state index in [0.717, 1.165) is 31.4 Å². The maximum absolute atomic E-state index is 13.1. The Bertz CT molecular complexity index is 513. The van der Waals surface area contributed by atoms with E-state index in [1.165, 1.54) is 11.8 Å². The van der Waals surface area contributed by atoms with Crippen LogP contribution in [0.3, 0.4) is 0 Å². The molecule has 0 radical (unpaired) electrons. The summed E-state index contributed by atoms with van der Waals surface area (Å²) in [6.07, 6.45) is 5.85. The van der Waals surface area contributed by atoms with Gasteiger partial charge < -0.3 is 5.32 Å². The maximum atomic E-state index is 13.1. The van der Waals surface area contributed by atoms with Crippen LogP contribution >= 0.6 is 0 Å². The van der Waals surface area contributed by atoms with Gasteiger partial charge in [0.25, 0.3) is 0 Å². The first-order chi connectivity index (χ1) is 9.79. The topological polar surface area (TPSA) is 24.9 Å². The zero-order valence-electron chi connectivity index (χ0n) is 11.8. The minimum Gasteiger partial charge on any atom is -0.310 e. The molecule has 2 rings (SSSR count). The Hall–Kier alpha value is -1.74. The van der Waals surface area contributed by atoms with Crippen LogP contribution in [0.25, 0.3) is 0 Å². The molecule has 1 atom stereocenters. The molecule has 2 nitrogen and oxygen atoms in total. The predicted molar refractivity (Wildman–Crippen MR) is 80.0 cm³/mol. The van der Waals surface area contributed by atoms with Crippen LogP contribution in [0.5, 0.6) is 0 Å². The molecule has 0 aliphatic carbocycles. The second-order valence-electron chi connectivity index (χ2n) is 4.97. The summed E-state index contributed by atoms with van der Waals surface area (Å²) < 4.78 is 13.1. The summed E-state index contributed by atoms with van der Waals surface area (Å²) in [5.41, 5.74) is 2.23. The third kappa shape index (κ3) is 4.42. The minimum absolute atomic E-state index is 0.264. The Kier molecular flexibility index (Phi) is 5.69. The molecule has 20 heavy (non-hydrogen) atoms. The Morgan fingerprint density at radius 3 is 2.70 bits per heavy atom. The molecular formula is C17H21FN2. The first-order valence-corrected chi connectivity index (χ1v) is 7.17. The number of nitrogens with one attached hydrogen (secondary N) is 1. The van der Waals surface area contributed by atoms with Gasteiger partial charge in [-0.2, -0.15) is 0 Å². The molecule has 1 heterocycles. The van der Waals surface area contributed by atoms with Gasteiger partial charge in [0.15, 0.2) is 0 Å². The van der Waals surface area contributed by atoms with Gasteiger partial charge in [0, 0.05) is 12.2 Å². The monoisotopic (exact) mass is 272 g/mol. The van der Waals surface area contributed by atoms with Gasteiger partial charge in [0.2, 0.25) is 0 Å². The number of aryl methyl sites for hydroxylation is 1. The number of rotatable bonds is 7. The first kappa shape index (κ1) is 14.7. The Morgan fingerprint density at radius 1 is 1.20 bits per heavy atom. The lowest BCUT2D eigenvalue weighted by molar-refractivity contribution is 0.498. The largest absolute Gasteiger partial charge is 0.310 e. The van der Waals surface area contributed by atoms with E-state index in [1.807, 2.05) is 6.07 Å². The smallest absolute Gasteiger partial charge is 0.141 e. The van der Waals surface area contributed by atoms with Crippen LogP contribution in [0.1, 0.15) is 36.9 Å². The molecule has 2 aromatic rings. The Labute approximate surface area is 120 Å². The normalized spacial score (nSPS) is 12.3. The van der Waals surface area contributed by atoms with E-state index in [2.05, 4.69) is 41.5 Å². The fraction of sp³-hybridized carbons (Fsp3) is 0.353. The molecule has 0 fully saturated rings. The number of nitrogens with zero attached hydrogens (tertiary/aromatic N) is 1. The van der Waals surface area contributed by atoms with Crippen molar-refractivity contribution in [1.82, 2.24) is 10.3 Å². The van der Waals surface area contributed by atoms with Gasteiger partial charge in [0.05, 0.1) is 6.20 Å². The number of aromatic nitrogens is 1. The van der Waals surface area contributed by atoms with E-state index in [4.69, 9.17) is 0 Å². The zero-order valence-corrected chi connectivity index (χ0v) is 11.8. The molecule has 0 aliphatic rings. The van der Waals surface area contributed by atoms with Gasteiger partial charge >= 0.3 is 0 Å². The molecule has 3 heteroatoms. The number of hydrogen-bond donors (Lipinski definition) is 1. The highest BCUT2D eigenvalue weighted by Crippen LogP contribution is 2.19. The summed E-state index contributed by atoms with van der Waals surface area (Å²) in [4.78, 5) is 3.90. The van der Waals surface area contributed by atoms with Crippen LogP contribution in [-0.2, 0) is 6.42 Å². The second-order valence-corrected chi connectivity index (χ2v) is 4.97. The van der Waals surface area contributed by atoms with Crippen molar-refractivity contribution in [2.75, 3.05) is 6.54 Å². The number of hydrogen-bond acceptors (Lipinski definition) is 2. The van der Waals surface area contributed by atoms with E-state index < -0.39 is 0 Å². The van der Waals surface area contributed by atoms with Crippen molar-refractivity contribution in [3.8, 4) is 0 Å². The number of benzene rings is 1. The van der Waals surface area contributed by atoms with Gasteiger partial charge in [-0.25, -0.2) is 4.39 Å². The standard InChI is InChI=1S/C17H21FN2/c1-2-10-20-17(15-6-4-3-5-7-15)9-8-14-11-16(18)13-19-12-14/h3-7,11-13,17,20H,2,8-10H2,1H3. The van der Waals surface area contributed by atoms with Crippen molar-refractivity contribution < 1.29 is 4.39 Å². The summed E-state index contributed by atoms with van der Waals surface area (Å²) in [6.45, 7) is 3.15. The lowest BCUT2D eigenvalue weighted by Crippen LogP contribution is -2.22. The number of halogens is 1. The van der Waals surface area contributed by atoms with Crippen LogP contribution in [-0.4, -0.2) is 11.5 Å². The van der Waals surface area contributed by atoms with Crippen molar-refractivity contribution in [2.45, 2.75) is 32.2 Å². The highest BCUT2D eigenvalue weighted by Gasteiger charge is 2.10. The van der Waals surface area contributed by atoms with E-state index in [1.54, 1.807) is 12.3 Å². The Balaban J connectivity index is 2.01. The quantitative estimate of drug-likeness (QED) is 0.827. The second kappa shape index (κ2) is 7.75. The van der Waals surface area contributed by atoms with Crippen molar-refractivity contribution >= 4 is 0 Å². The van der Waals surface area contributed by atoms with Crippen LogP contribution in [0.15, 0.2) is 48.8 Å². The fourth-order valence-corrected chi connectivity index (χ4v) is 2.29. The molecule has 1 N–H and O–H groups in total. The zero-order chi connectivity index (χ0) is 14.2. The SMILES string of the molecule is CCCNC(CCc1cncc(F)c1)c1ccccc1. The fourth-order valence-electron chi connectivity index (χ4n) is 2.29. The van der Waals surface area contributed by atoms with Crippen molar-refractivity contribution in [3.63, 3.8) is 0 Å². The third-order valence-electron chi connectivity index (χ3n) is 3.33. The van der Waals surface area contributed by atoms with E-state index in [0.29, 0.717) is 6.04 Å². The lowest BCUT2D eigenvalue weighted by Gasteiger charge is -2.19. The molecule has 0 aliphatic heterocycles. The molecule has 1 unspecified atom stereocenters. The summed E-state index contributed by atoms with van der Waals surface area (Å²) in [5, 5.41) is 3.56. The van der Waals surface area contributed by atoms with Gasteiger partial charge in [0.1, 0.15) is 5.82 Å². The molecule has 0 amide bonds. The molecule has 0 bridgehead atoms. The molecule has 0 saturated heterocycles. The summed E-state index contributed by atoms with van der Waals surface area (Å²) in [5.74, 6) is -0.264. The summed E-state index contributed by atoms with van der Waals surface area (Å²) in [7, 11) is 0. The predicted octanol–water partition coefficient (Wildman–Crippen LogP) is 3.89. The van der Waals surface area contributed by atoms with Crippen molar-refractivity contribution in [1.29, 1.82) is 0 Å². The van der Waals surface area contributed by atoms with Crippen LogP contribution < -0.4 is 5.32 Å². The molecule has 1 aromatic heterocycles. The van der Waals surface area contributed by atoms with Gasteiger partial charge in [-0.3, -0.25) is 4.98 Å². The van der Waals surface area contributed by atoms with Crippen molar-refractivity contribution in [3.05, 3.63) is 65.7 Å². The molecule has 0 saturated carbocycles.